The van der Waals surface area contributed by atoms with E-state index in [-0.39, 0.29) is 11.3 Å². The average molecular weight is 290 g/mol. The number of rotatable bonds is 3. The molecule has 1 heterocycles. The second-order valence-electron chi connectivity index (χ2n) is 6.60. The molecule has 0 aliphatic heterocycles. The van der Waals surface area contributed by atoms with Gasteiger partial charge in [-0.05, 0) is 29.0 Å². The fraction of sp³-hybridized carbons (Fsp3) is 0.500. The van der Waals surface area contributed by atoms with Gasteiger partial charge in [-0.1, -0.05) is 52.0 Å². The largest absolute Gasteiger partial charge is 0.302 e. The summed E-state index contributed by atoms with van der Waals surface area (Å²) < 4.78 is 1.12. The third-order valence-electron chi connectivity index (χ3n) is 3.09. The van der Waals surface area contributed by atoms with Crippen LogP contribution in [0.5, 0.6) is 0 Å². The minimum atomic E-state index is 0.0371. The van der Waals surface area contributed by atoms with Crippen molar-refractivity contribution in [3.05, 3.63) is 23.8 Å². The van der Waals surface area contributed by atoms with Crippen LogP contribution in [0.15, 0.2) is 18.2 Å². The van der Waals surface area contributed by atoms with E-state index in [0.29, 0.717) is 17.5 Å². The molecule has 0 fully saturated rings. The first-order chi connectivity index (χ1) is 9.25. The maximum atomic E-state index is 11.8. The van der Waals surface area contributed by atoms with Gasteiger partial charge in [-0.25, -0.2) is 4.98 Å². The second kappa shape index (κ2) is 5.52. The lowest BCUT2D eigenvalue weighted by molar-refractivity contribution is -0.116. The summed E-state index contributed by atoms with van der Waals surface area (Å²) in [7, 11) is 0. The number of nitrogens with zero attached hydrogens (tertiary/aromatic N) is 1. The number of nitrogens with one attached hydrogen (secondary N) is 1. The molecule has 0 bridgehead atoms. The van der Waals surface area contributed by atoms with Crippen LogP contribution in [0, 0.1) is 5.92 Å². The first-order valence-electron chi connectivity index (χ1n) is 6.96. The molecular weight excluding hydrogens is 268 g/mol. The summed E-state index contributed by atoms with van der Waals surface area (Å²) in [6.45, 7) is 10.7. The van der Waals surface area contributed by atoms with E-state index in [1.807, 2.05) is 19.9 Å². The first kappa shape index (κ1) is 15.0. The molecule has 1 aromatic heterocycles. The fourth-order valence-electron chi connectivity index (χ4n) is 1.99. The summed E-state index contributed by atoms with van der Waals surface area (Å²) in [6, 6.07) is 6.32. The quantitative estimate of drug-likeness (QED) is 0.899. The van der Waals surface area contributed by atoms with Gasteiger partial charge in [0.05, 0.1) is 10.2 Å². The van der Waals surface area contributed by atoms with Crippen LogP contribution in [-0.2, 0) is 10.2 Å². The summed E-state index contributed by atoms with van der Waals surface area (Å²) in [5.74, 6) is 0.395. The molecule has 2 aromatic rings. The Kier molecular flexibility index (Phi) is 4.14. The standard InChI is InChI=1S/C16H22N2OS/c1-10(2)8-14(19)18-15-17-12-7-6-11(16(3,4)5)9-13(12)20-15/h6-7,9-10H,8H2,1-5H3,(H,17,18,19). The zero-order chi connectivity index (χ0) is 14.9. The lowest BCUT2D eigenvalue weighted by Crippen LogP contribution is -2.13. The molecule has 0 radical (unpaired) electrons. The Bertz CT molecular complexity index is 623. The Morgan fingerprint density at radius 1 is 1.35 bits per heavy atom. The number of carbonyl (C=O) groups excluding carboxylic acids is 1. The minimum Gasteiger partial charge on any atom is -0.302 e. The molecule has 1 amide bonds. The van der Waals surface area contributed by atoms with Gasteiger partial charge in [-0.2, -0.15) is 0 Å². The number of amides is 1. The molecule has 0 aliphatic carbocycles. The molecule has 0 saturated carbocycles. The molecule has 4 heteroatoms. The zero-order valence-electron chi connectivity index (χ0n) is 12.8. The molecule has 20 heavy (non-hydrogen) atoms. The highest BCUT2D eigenvalue weighted by Crippen LogP contribution is 2.31. The highest BCUT2D eigenvalue weighted by atomic mass is 32.1. The van der Waals surface area contributed by atoms with E-state index in [1.165, 1.54) is 16.9 Å². The number of aromatic nitrogens is 1. The van der Waals surface area contributed by atoms with Gasteiger partial charge < -0.3 is 5.32 Å². The molecule has 1 N–H and O–H groups in total. The van der Waals surface area contributed by atoms with Crippen LogP contribution >= 0.6 is 11.3 Å². The fourth-order valence-corrected chi connectivity index (χ4v) is 2.91. The molecule has 1 aromatic carbocycles. The predicted octanol–water partition coefficient (Wildman–Crippen LogP) is 4.58. The van der Waals surface area contributed by atoms with E-state index >= 15 is 0 Å². The lowest BCUT2D eigenvalue weighted by atomic mass is 9.87. The molecule has 2 rings (SSSR count). The van der Waals surface area contributed by atoms with E-state index in [0.717, 1.165) is 10.2 Å². The SMILES string of the molecule is CC(C)CC(=O)Nc1nc2ccc(C(C)(C)C)cc2s1. The third-order valence-corrected chi connectivity index (χ3v) is 4.03. The number of fused-ring (bicyclic) bond motifs is 1. The highest BCUT2D eigenvalue weighted by Gasteiger charge is 2.15. The lowest BCUT2D eigenvalue weighted by Gasteiger charge is -2.18. The van der Waals surface area contributed by atoms with Crippen molar-refractivity contribution in [2.75, 3.05) is 5.32 Å². The van der Waals surface area contributed by atoms with Crippen LogP contribution in [0.3, 0.4) is 0 Å². The summed E-state index contributed by atoms with van der Waals surface area (Å²) in [6.07, 6.45) is 0.531. The van der Waals surface area contributed by atoms with Crippen LogP contribution in [-0.4, -0.2) is 10.9 Å². The van der Waals surface area contributed by atoms with Gasteiger partial charge in [0.1, 0.15) is 0 Å². The third kappa shape index (κ3) is 3.57. The Morgan fingerprint density at radius 3 is 2.65 bits per heavy atom. The number of benzene rings is 1. The van der Waals surface area contributed by atoms with Crippen LogP contribution in [0.1, 0.15) is 46.6 Å². The molecular formula is C16H22N2OS. The van der Waals surface area contributed by atoms with Gasteiger partial charge in [-0.3, -0.25) is 4.79 Å². The highest BCUT2D eigenvalue weighted by molar-refractivity contribution is 7.22. The average Bonchev–Trinajstić information content (AvgIpc) is 2.66. The van der Waals surface area contributed by atoms with Crippen molar-refractivity contribution in [1.29, 1.82) is 0 Å². The Morgan fingerprint density at radius 2 is 2.05 bits per heavy atom. The molecule has 0 saturated heterocycles. The van der Waals surface area contributed by atoms with Gasteiger partial charge in [0.15, 0.2) is 5.13 Å². The number of hydrogen-bond acceptors (Lipinski definition) is 3. The maximum Gasteiger partial charge on any atom is 0.226 e. The molecule has 0 unspecified atom stereocenters. The van der Waals surface area contributed by atoms with Gasteiger partial charge in [-0.15, -0.1) is 0 Å². The van der Waals surface area contributed by atoms with Crippen molar-refractivity contribution in [3.8, 4) is 0 Å². The number of carbonyl (C=O) groups is 1. The molecule has 0 atom stereocenters. The number of anilines is 1. The zero-order valence-corrected chi connectivity index (χ0v) is 13.6. The van der Waals surface area contributed by atoms with E-state index < -0.39 is 0 Å². The summed E-state index contributed by atoms with van der Waals surface area (Å²) >= 11 is 1.54. The van der Waals surface area contributed by atoms with E-state index in [4.69, 9.17) is 0 Å². The van der Waals surface area contributed by atoms with Crippen LogP contribution in [0.4, 0.5) is 5.13 Å². The maximum absolute atomic E-state index is 11.8. The van der Waals surface area contributed by atoms with Crippen LogP contribution in [0.2, 0.25) is 0 Å². The Labute approximate surface area is 124 Å². The smallest absolute Gasteiger partial charge is 0.226 e. The summed E-state index contributed by atoms with van der Waals surface area (Å²) in [5.41, 5.74) is 2.36. The Hall–Kier alpha value is -1.42. The Balaban J connectivity index is 2.23. The number of hydrogen-bond donors (Lipinski definition) is 1. The first-order valence-corrected chi connectivity index (χ1v) is 7.78. The van der Waals surface area contributed by atoms with Crippen molar-refractivity contribution in [2.24, 2.45) is 5.92 Å². The van der Waals surface area contributed by atoms with Gasteiger partial charge in [0, 0.05) is 6.42 Å². The van der Waals surface area contributed by atoms with Crippen molar-refractivity contribution in [1.82, 2.24) is 4.98 Å². The normalized spacial score (nSPS) is 12.1. The topological polar surface area (TPSA) is 42.0 Å². The molecule has 3 nitrogen and oxygen atoms in total. The summed E-state index contributed by atoms with van der Waals surface area (Å²) in [4.78, 5) is 16.3. The minimum absolute atomic E-state index is 0.0371. The number of thiazole rings is 1. The van der Waals surface area contributed by atoms with Crippen molar-refractivity contribution in [2.45, 2.75) is 46.5 Å². The van der Waals surface area contributed by atoms with Gasteiger partial charge in [0.2, 0.25) is 5.91 Å². The monoisotopic (exact) mass is 290 g/mol. The van der Waals surface area contributed by atoms with E-state index in [2.05, 4.69) is 43.2 Å². The summed E-state index contributed by atoms with van der Waals surface area (Å²) in [5, 5.41) is 3.58. The van der Waals surface area contributed by atoms with Crippen LogP contribution < -0.4 is 5.32 Å². The second-order valence-corrected chi connectivity index (χ2v) is 7.63. The van der Waals surface area contributed by atoms with Gasteiger partial charge >= 0.3 is 0 Å². The predicted molar refractivity (Wildman–Crippen MR) is 86.4 cm³/mol. The van der Waals surface area contributed by atoms with E-state index in [9.17, 15) is 4.79 Å². The van der Waals surface area contributed by atoms with Crippen LogP contribution in [0.25, 0.3) is 10.2 Å². The van der Waals surface area contributed by atoms with E-state index in [1.54, 1.807) is 0 Å². The van der Waals surface area contributed by atoms with Gasteiger partial charge in [0.25, 0.3) is 0 Å². The molecule has 0 spiro atoms. The van der Waals surface area contributed by atoms with Crippen molar-refractivity contribution >= 4 is 32.6 Å². The molecule has 0 aliphatic rings. The van der Waals surface area contributed by atoms with Crippen molar-refractivity contribution in [3.63, 3.8) is 0 Å². The molecule has 108 valence electrons. The van der Waals surface area contributed by atoms with Crippen molar-refractivity contribution < 1.29 is 4.79 Å².